The van der Waals surface area contributed by atoms with Crippen LogP contribution in [0.3, 0.4) is 0 Å². The number of nitrogens with one attached hydrogen (secondary N) is 1. The lowest BCUT2D eigenvalue weighted by Crippen LogP contribution is -2.12. The lowest BCUT2D eigenvalue weighted by Gasteiger charge is -2.11. The maximum atomic E-state index is 12.2. The number of hydrogen-bond donors (Lipinski definition) is 2. The second-order valence-electron chi connectivity index (χ2n) is 4.83. The van der Waals surface area contributed by atoms with Gasteiger partial charge in [-0.3, -0.25) is 4.79 Å². The van der Waals surface area contributed by atoms with Gasteiger partial charge in [0.25, 0.3) is 5.91 Å². The summed E-state index contributed by atoms with van der Waals surface area (Å²) in [7, 11) is 0. The number of phenols is 1. The van der Waals surface area contributed by atoms with Gasteiger partial charge in [-0.05, 0) is 30.3 Å². The molecule has 1 amide bonds. The average molecular weight is 320 g/mol. The quantitative estimate of drug-likeness (QED) is 0.889. The number of carbonyl (C=O) groups is 1. The largest absolute Gasteiger partial charge is 0.507 e. The number of ether oxygens (including phenoxy) is 2. The van der Waals surface area contributed by atoms with E-state index in [-0.39, 0.29) is 11.3 Å². The van der Waals surface area contributed by atoms with Crippen molar-refractivity contribution >= 4 is 23.2 Å². The Labute approximate surface area is 132 Å². The summed E-state index contributed by atoms with van der Waals surface area (Å²) in [4.78, 5) is 12.2. The lowest BCUT2D eigenvalue weighted by atomic mass is 10.2. The summed E-state index contributed by atoms with van der Waals surface area (Å²) in [6.45, 7) is 1.18. The molecular formula is C16H14ClNO4. The molecule has 0 atom stereocenters. The molecule has 0 unspecified atom stereocenters. The van der Waals surface area contributed by atoms with Crippen LogP contribution in [0.2, 0.25) is 5.02 Å². The molecule has 22 heavy (non-hydrogen) atoms. The fourth-order valence-electron chi connectivity index (χ4n) is 2.13. The normalized spacial score (nSPS) is 13.3. The van der Waals surface area contributed by atoms with E-state index in [1.54, 1.807) is 18.2 Å². The first-order valence-electron chi connectivity index (χ1n) is 6.83. The van der Waals surface area contributed by atoms with Crippen LogP contribution in [0.15, 0.2) is 36.4 Å². The Morgan fingerprint density at radius 3 is 2.68 bits per heavy atom. The van der Waals surface area contributed by atoms with Gasteiger partial charge in [-0.2, -0.15) is 0 Å². The van der Waals surface area contributed by atoms with Crippen molar-refractivity contribution in [1.29, 1.82) is 0 Å². The number of aromatic hydroxyl groups is 1. The van der Waals surface area contributed by atoms with Crippen molar-refractivity contribution in [3.63, 3.8) is 0 Å². The van der Waals surface area contributed by atoms with E-state index in [2.05, 4.69) is 5.32 Å². The van der Waals surface area contributed by atoms with E-state index in [1.165, 1.54) is 18.2 Å². The Balaban J connectivity index is 1.82. The number of amides is 1. The first-order valence-corrected chi connectivity index (χ1v) is 7.21. The van der Waals surface area contributed by atoms with Gasteiger partial charge >= 0.3 is 0 Å². The van der Waals surface area contributed by atoms with Crippen LogP contribution < -0.4 is 14.8 Å². The number of benzene rings is 2. The minimum atomic E-state index is -0.450. The van der Waals surface area contributed by atoms with E-state index >= 15 is 0 Å². The Hall–Kier alpha value is -2.40. The van der Waals surface area contributed by atoms with Gasteiger partial charge in [0.2, 0.25) is 0 Å². The zero-order valence-electron chi connectivity index (χ0n) is 11.6. The summed E-state index contributed by atoms with van der Waals surface area (Å²) in [6.07, 6.45) is 0.812. The molecule has 0 aromatic heterocycles. The molecule has 3 rings (SSSR count). The number of carbonyl (C=O) groups excluding carboxylic acids is 1. The summed E-state index contributed by atoms with van der Waals surface area (Å²) >= 11 is 5.85. The molecule has 0 bridgehead atoms. The second kappa shape index (κ2) is 6.15. The predicted octanol–water partition coefficient (Wildman–Crippen LogP) is 3.46. The van der Waals surface area contributed by atoms with Gasteiger partial charge in [0.05, 0.1) is 18.8 Å². The van der Waals surface area contributed by atoms with Crippen LogP contribution in [0.1, 0.15) is 16.8 Å². The summed E-state index contributed by atoms with van der Waals surface area (Å²) in [6, 6.07) is 9.46. The Morgan fingerprint density at radius 1 is 1.09 bits per heavy atom. The van der Waals surface area contributed by atoms with Gasteiger partial charge in [0, 0.05) is 23.2 Å². The molecule has 1 heterocycles. The summed E-state index contributed by atoms with van der Waals surface area (Å²) < 4.78 is 11.1. The van der Waals surface area contributed by atoms with E-state index in [0.29, 0.717) is 35.4 Å². The summed E-state index contributed by atoms with van der Waals surface area (Å²) in [5.41, 5.74) is 0.660. The van der Waals surface area contributed by atoms with Crippen molar-refractivity contribution in [2.45, 2.75) is 6.42 Å². The molecule has 6 heteroatoms. The first-order chi connectivity index (χ1) is 10.6. The smallest absolute Gasteiger partial charge is 0.259 e. The van der Waals surface area contributed by atoms with Crippen molar-refractivity contribution in [3.05, 3.63) is 47.0 Å². The molecule has 2 aromatic rings. The molecule has 1 aliphatic heterocycles. The van der Waals surface area contributed by atoms with Gasteiger partial charge in [-0.25, -0.2) is 0 Å². The highest BCUT2D eigenvalue weighted by Gasteiger charge is 2.15. The van der Waals surface area contributed by atoms with Crippen molar-refractivity contribution in [1.82, 2.24) is 0 Å². The van der Waals surface area contributed by atoms with Gasteiger partial charge in [-0.15, -0.1) is 0 Å². The van der Waals surface area contributed by atoms with Crippen LogP contribution in [-0.4, -0.2) is 24.2 Å². The highest BCUT2D eigenvalue weighted by molar-refractivity contribution is 6.31. The molecule has 0 aliphatic carbocycles. The summed E-state index contributed by atoms with van der Waals surface area (Å²) in [5, 5.41) is 12.8. The number of fused-ring (bicyclic) bond motifs is 1. The molecule has 5 nitrogen and oxygen atoms in total. The average Bonchev–Trinajstić information content (AvgIpc) is 2.74. The molecule has 0 radical (unpaired) electrons. The van der Waals surface area contributed by atoms with Crippen LogP contribution in [-0.2, 0) is 0 Å². The maximum absolute atomic E-state index is 12.2. The minimum absolute atomic E-state index is 0.111. The standard InChI is InChI=1S/C16H14ClNO4/c17-10-2-4-13(19)12(8-10)16(20)18-11-3-5-14-15(9-11)22-7-1-6-21-14/h2-5,8-9,19H,1,6-7H2,(H,18,20). The fourth-order valence-corrected chi connectivity index (χ4v) is 2.30. The molecule has 114 valence electrons. The monoisotopic (exact) mass is 319 g/mol. The highest BCUT2D eigenvalue weighted by Crippen LogP contribution is 2.32. The summed E-state index contributed by atoms with van der Waals surface area (Å²) in [5.74, 6) is 0.664. The van der Waals surface area contributed by atoms with E-state index in [9.17, 15) is 9.90 Å². The third-order valence-electron chi connectivity index (χ3n) is 3.21. The van der Waals surface area contributed by atoms with Crippen molar-refractivity contribution in [2.75, 3.05) is 18.5 Å². The van der Waals surface area contributed by atoms with Crippen molar-refractivity contribution in [2.24, 2.45) is 0 Å². The third-order valence-corrected chi connectivity index (χ3v) is 3.44. The number of hydrogen-bond acceptors (Lipinski definition) is 4. The van der Waals surface area contributed by atoms with Crippen LogP contribution in [0.5, 0.6) is 17.2 Å². The zero-order valence-corrected chi connectivity index (χ0v) is 12.4. The highest BCUT2D eigenvalue weighted by atomic mass is 35.5. The van der Waals surface area contributed by atoms with Gasteiger partial charge in [-0.1, -0.05) is 11.6 Å². The predicted molar refractivity (Wildman–Crippen MR) is 83.1 cm³/mol. The van der Waals surface area contributed by atoms with Gasteiger partial charge in [0.1, 0.15) is 5.75 Å². The lowest BCUT2D eigenvalue weighted by molar-refractivity contribution is 0.102. The number of anilines is 1. The van der Waals surface area contributed by atoms with Crippen molar-refractivity contribution in [3.8, 4) is 17.2 Å². The Bertz CT molecular complexity index is 717. The molecule has 0 saturated heterocycles. The van der Waals surface area contributed by atoms with Crippen molar-refractivity contribution < 1.29 is 19.4 Å². The number of phenolic OH excluding ortho intramolecular Hbond substituents is 1. The van der Waals surface area contributed by atoms with Crippen LogP contribution >= 0.6 is 11.6 Å². The molecule has 2 aromatic carbocycles. The van der Waals surface area contributed by atoms with Crippen LogP contribution in [0.4, 0.5) is 5.69 Å². The van der Waals surface area contributed by atoms with E-state index in [1.807, 2.05) is 0 Å². The third kappa shape index (κ3) is 3.09. The van der Waals surface area contributed by atoms with E-state index < -0.39 is 5.91 Å². The second-order valence-corrected chi connectivity index (χ2v) is 5.26. The number of halogens is 1. The van der Waals surface area contributed by atoms with Crippen LogP contribution in [0, 0.1) is 0 Å². The zero-order chi connectivity index (χ0) is 15.5. The minimum Gasteiger partial charge on any atom is -0.507 e. The topological polar surface area (TPSA) is 67.8 Å². The SMILES string of the molecule is O=C(Nc1ccc2c(c1)OCCCO2)c1cc(Cl)ccc1O. The Kier molecular flexibility index (Phi) is 4.06. The first kappa shape index (κ1) is 14.5. The van der Waals surface area contributed by atoms with Crippen LogP contribution in [0.25, 0.3) is 0 Å². The number of rotatable bonds is 2. The maximum Gasteiger partial charge on any atom is 0.259 e. The molecule has 1 aliphatic rings. The fraction of sp³-hybridized carbons (Fsp3) is 0.188. The molecule has 0 fully saturated rings. The Morgan fingerprint density at radius 2 is 1.86 bits per heavy atom. The van der Waals surface area contributed by atoms with E-state index in [4.69, 9.17) is 21.1 Å². The molecule has 0 spiro atoms. The van der Waals surface area contributed by atoms with Gasteiger partial charge < -0.3 is 19.9 Å². The molecule has 2 N–H and O–H groups in total. The van der Waals surface area contributed by atoms with Gasteiger partial charge in [0.15, 0.2) is 11.5 Å². The van der Waals surface area contributed by atoms with E-state index in [0.717, 1.165) is 6.42 Å². The molecular weight excluding hydrogens is 306 g/mol. The molecule has 0 saturated carbocycles.